The molecule has 0 aliphatic carbocycles. The van der Waals surface area contributed by atoms with E-state index in [0.29, 0.717) is 0 Å². The monoisotopic (exact) mass is 313 g/mol. The number of alkyl halides is 3. The highest BCUT2D eigenvalue weighted by Gasteiger charge is 2.39. The zero-order valence-corrected chi connectivity index (χ0v) is 11.0. The largest absolute Gasteiger partial charge is 0.573 e. The molecule has 2 rings (SSSR count). The number of fused-ring (bicyclic) bond motifs is 1. The topological polar surface area (TPSA) is 67.8 Å². The van der Waals surface area contributed by atoms with Gasteiger partial charge < -0.3 is 19.9 Å². The molecule has 0 fully saturated rings. The highest BCUT2D eigenvalue weighted by Crippen LogP contribution is 2.37. The first kappa shape index (κ1) is 16.2. The van der Waals surface area contributed by atoms with Crippen molar-refractivity contribution in [3.05, 3.63) is 18.2 Å². The molecule has 5 nitrogen and oxygen atoms in total. The van der Waals surface area contributed by atoms with Gasteiger partial charge in [0, 0.05) is 6.07 Å². The third kappa shape index (κ3) is 3.38. The van der Waals surface area contributed by atoms with Crippen molar-refractivity contribution in [2.75, 3.05) is 11.9 Å². The van der Waals surface area contributed by atoms with Crippen molar-refractivity contribution in [3.63, 3.8) is 0 Å². The smallest absolute Gasteiger partial charge is 0.478 e. The molecule has 1 aromatic rings. The summed E-state index contributed by atoms with van der Waals surface area (Å²) in [6.07, 6.45) is -4.78. The Morgan fingerprint density at radius 2 is 2.15 bits per heavy atom. The Labute approximate surface area is 118 Å². The number of nitrogens with one attached hydrogen (secondary N) is 1. The van der Waals surface area contributed by atoms with Gasteiger partial charge in [0.25, 0.3) is 0 Å². The lowest BCUT2D eigenvalue weighted by Crippen LogP contribution is -2.49. The summed E-state index contributed by atoms with van der Waals surface area (Å²) >= 11 is 0. The molecule has 1 atom stereocenters. The second kappa shape index (κ2) is 5.28. The van der Waals surface area contributed by atoms with E-state index >= 15 is 0 Å². The van der Waals surface area contributed by atoms with Gasteiger partial charge >= 0.3 is 12.3 Å². The minimum absolute atomic E-state index is 0. The van der Waals surface area contributed by atoms with Gasteiger partial charge in [-0.05, 0) is 19.1 Å². The summed E-state index contributed by atoms with van der Waals surface area (Å²) in [5, 5.41) is 11.7. The lowest BCUT2D eigenvalue weighted by Gasteiger charge is -2.33. The number of hydrogen-bond acceptors (Lipinski definition) is 4. The summed E-state index contributed by atoms with van der Waals surface area (Å²) in [5.41, 5.74) is -1.21. The van der Waals surface area contributed by atoms with Crippen LogP contribution in [0.4, 0.5) is 18.9 Å². The maximum atomic E-state index is 12.1. The Kier molecular flexibility index (Phi) is 4.28. The number of carbonyl (C=O) groups is 1. The molecule has 1 unspecified atom stereocenters. The lowest BCUT2D eigenvalue weighted by molar-refractivity contribution is -0.274. The lowest BCUT2D eigenvalue weighted by atomic mass is 10.0. The highest BCUT2D eigenvalue weighted by atomic mass is 35.5. The molecule has 0 spiro atoms. The molecule has 20 heavy (non-hydrogen) atoms. The zero-order chi connectivity index (χ0) is 14.3. The molecule has 1 aliphatic rings. The predicted octanol–water partition coefficient (Wildman–Crippen LogP) is 2.65. The van der Waals surface area contributed by atoms with Crippen molar-refractivity contribution >= 4 is 24.1 Å². The molecule has 112 valence electrons. The maximum Gasteiger partial charge on any atom is 0.573 e. The fourth-order valence-corrected chi connectivity index (χ4v) is 1.60. The SMILES string of the molecule is CC1(C(=O)O)CNc2cc(OC(F)(F)F)ccc2O1.Cl. The first-order valence-electron chi connectivity index (χ1n) is 5.26. The standard InChI is InChI=1S/C11H10F3NO4.ClH/c1-10(9(16)17)5-15-7-4-6(18-11(12,13)14)2-3-8(7)19-10;/h2-4,15H,5H2,1H3,(H,16,17);1H. The molecular weight excluding hydrogens is 303 g/mol. The molecule has 0 amide bonds. The van der Waals surface area contributed by atoms with Crippen molar-refractivity contribution in [2.45, 2.75) is 18.9 Å². The summed E-state index contributed by atoms with van der Waals surface area (Å²) < 4.78 is 45.2. The molecule has 0 saturated carbocycles. The van der Waals surface area contributed by atoms with Crippen molar-refractivity contribution in [1.29, 1.82) is 0 Å². The van der Waals surface area contributed by atoms with Gasteiger partial charge in [-0.2, -0.15) is 0 Å². The average Bonchev–Trinajstić information content (AvgIpc) is 2.27. The summed E-state index contributed by atoms with van der Waals surface area (Å²) in [7, 11) is 0. The molecule has 1 aliphatic heterocycles. The second-order valence-corrected chi connectivity index (χ2v) is 4.20. The van der Waals surface area contributed by atoms with E-state index in [9.17, 15) is 18.0 Å². The number of carboxylic acid groups (broad SMARTS) is 1. The van der Waals surface area contributed by atoms with E-state index in [1.54, 1.807) is 0 Å². The van der Waals surface area contributed by atoms with Crippen molar-refractivity contribution in [1.82, 2.24) is 0 Å². The van der Waals surface area contributed by atoms with Crippen LogP contribution in [-0.4, -0.2) is 29.6 Å². The van der Waals surface area contributed by atoms with Gasteiger partial charge in [0.2, 0.25) is 5.60 Å². The van der Waals surface area contributed by atoms with Gasteiger partial charge in [0.15, 0.2) is 0 Å². The number of carboxylic acids is 1. The fourth-order valence-electron chi connectivity index (χ4n) is 1.60. The predicted molar refractivity (Wildman–Crippen MR) is 65.5 cm³/mol. The van der Waals surface area contributed by atoms with Crippen LogP contribution in [0.25, 0.3) is 0 Å². The molecule has 0 saturated heterocycles. The van der Waals surface area contributed by atoms with Crippen molar-refractivity contribution in [3.8, 4) is 11.5 Å². The highest BCUT2D eigenvalue weighted by molar-refractivity contribution is 5.85. The zero-order valence-electron chi connectivity index (χ0n) is 10.2. The van der Waals surface area contributed by atoms with E-state index in [0.717, 1.165) is 12.1 Å². The third-order valence-electron chi connectivity index (χ3n) is 2.59. The number of aliphatic carboxylic acids is 1. The van der Waals surface area contributed by atoms with E-state index in [-0.39, 0.29) is 30.4 Å². The molecule has 0 aromatic heterocycles. The Balaban J connectivity index is 0.00000200. The van der Waals surface area contributed by atoms with Gasteiger partial charge in [-0.3, -0.25) is 0 Å². The third-order valence-corrected chi connectivity index (χ3v) is 2.59. The molecule has 0 radical (unpaired) electrons. The van der Waals surface area contributed by atoms with Crippen LogP contribution in [0.2, 0.25) is 0 Å². The summed E-state index contributed by atoms with van der Waals surface area (Å²) in [5.74, 6) is -1.41. The maximum absolute atomic E-state index is 12.1. The number of hydrogen-bond donors (Lipinski definition) is 2. The summed E-state index contributed by atoms with van der Waals surface area (Å²) in [6, 6.07) is 3.38. The van der Waals surface area contributed by atoms with Crippen LogP contribution < -0.4 is 14.8 Å². The minimum atomic E-state index is -4.78. The Hall–Kier alpha value is -1.83. The Morgan fingerprint density at radius 1 is 1.50 bits per heavy atom. The number of halogens is 4. The van der Waals surface area contributed by atoms with Crippen LogP contribution in [0.15, 0.2) is 18.2 Å². The van der Waals surface area contributed by atoms with E-state index in [1.807, 2.05) is 0 Å². The Morgan fingerprint density at radius 3 is 2.70 bits per heavy atom. The van der Waals surface area contributed by atoms with Crippen LogP contribution in [0, 0.1) is 0 Å². The summed E-state index contributed by atoms with van der Waals surface area (Å²) in [4.78, 5) is 11.0. The molecule has 9 heteroatoms. The fraction of sp³-hybridized carbons (Fsp3) is 0.364. The molecule has 1 aromatic carbocycles. The van der Waals surface area contributed by atoms with Crippen LogP contribution >= 0.6 is 12.4 Å². The average molecular weight is 314 g/mol. The van der Waals surface area contributed by atoms with Gasteiger partial charge in [-0.1, -0.05) is 0 Å². The van der Waals surface area contributed by atoms with E-state index < -0.39 is 23.7 Å². The van der Waals surface area contributed by atoms with Crippen LogP contribution in [0.5, 0.6) is 11.5 Å². The Bertz CT molecular complexity index is 523. The molecule has 1 heterocycles. The second-order valence-electron chi connectivity index (χ2n) is 4.20. The molecule has 2 N–H and O–H groups in total. The molecular formula is C11H11ClF3NO4. The first-order valence-corrected chi connectivity index (χ1v) is 5.26. The van der Waals surface area contributed by atoms with Crippen LogP contribution in [0.3, 0.4) is 0 Å². The van der Waals surface area contributed by atoms with Crippen LogP contribution in [0.1, 0.15) is 6.92 Å². The van der Waals surface area contributed by atoms with E-state index in [4.69, 9.17) is 9.84 Å². The minimum Gasteiger partial charge on any atom is -0.478 e. The summed E-state index contributed by atoms with van der Waals surface area (Å²) in [6.45, 7) is 1.30. The number of rotatable bonds is 2. The van der Waals surface area contributed by atoms with Gasteiger partial charge in [0.1, 0.15) is 11.5 Å². The van der Waals surface area contributed by atoms with Gasteiger partial charge in [0.05, 0.1) is 12.2 Å². The van der Waals surface area contributed by atoms with E-state index in [2.05, 4.69) is 10.1 Å². The number of ether oxygens (including phenoxy) is 2. The van der Waals surface area contributed by atoms with Crippen molar-refractivity contribution in [2.24, 2.45) is 0 Å². The van der Waals surface area contributed by atoms with Gasteiger partial charge in [-0.25, -0.2) is 4.79 Å². The molecule has 0 bridgehead atoms. The van der Waals surface area contributed by atoms with E-state index in [1.165, 1.54) is 13.0 Å². The quantitative estimate of drug-likeness (QED) is 0.878. The normalized spacial score (nSPS) is 20.8. The number of anilines is 1. The van der Waals surface area contributed by atoms with Crippen LogP contribution in [-0.2, 0) is 4.79 Å². The number of benzene rings is 1. The van der Waals surface area contributed by atoms with Crippen molar-refractivity contribution < 1.29 is 32.5 Å². The van der Waals surface area contributed by atoms with Gasteiger partial charge in [-0.15, -0.1) is 25.6 Å². The first-order chi connectivity index (χ1) is 8.70.